The molecule has 0 unspecified atom stereocenters. The summed E-state index contributed by atoms with van der Waals surface area (Å²) in [6.07, 6.45) is 1.17. The predicted molar refractivity (Wildman–Crippen MR) is 65.9 cm³/mol. The Morgan fingerprint density at radius 3 is 2.58 bits per heavy atom. The number of carboxylic acid groups (broad SMARTS) is 1. The van der Waals surface area contributed by atoms with Crippen LogP contribution in [-0.4, -0.2) is 35.2 Å². The number of aliphatic carboxylic acids is 1. The first-order valence-corrected chi connectivity index (χ1v) is 5.94. The van der Waals surface area contributed by atoms with Crippen molar-refractivity contribution < 1.29 is 24.5 Å². The Morgan fingerprint density at radius 2 is 2.00 bits per heavy atom. The highest BCUT2D eigenvalue weighted by Gasteiger charge is 2.50. The van der Waals surface area contributed by atoms with Crippen LogP contribution in [0.5, 0.6) is 11.5 Å². The number of carbonyl (C=O) groups is 2. The molecule has 0 saturated heterocycles. The molecule has 1 fully saturated rings. The Kier molecular flexibility index (Phi) is 3.59. The van der Waals surface area contributed by atoms with Gasteiger partial charge < -0.3 is 20.3 Å². The van der Waals surface area contributed by atoms with Gasteiger partial charge in [0.2, 0.25) is 0 Å². The Labute approximate surface area is 110 Å². The fourth-order valence-electron chi connectivity index (χ4n) is 1.66. The van der Waals surface area contributed by atoms with Gasteiger partial charge in [-0.3, -0.25) is 9.59 Å². The lowest BCUT2D eigenvalue weighted by atomic mass is 10.1. The van der Waals surface area contributed by atoms with E-state index in [0.717, 1.165) is 0 Å². The summed E-state index contributed by atoms with van der Waals surface area (Å²) >= 11 is 0. The maximum Gasteiger partial charge on any atom is 0.311 e. The maximum atomic E-state index is 11.5. The van der Waals surface area contributed by atoms with E-state index in [1.165, 1.54) is 6.07 Å². The Balaban J connectivity index is 1.77. The first-order chi connectivity index (χ1) is 9.03. The second-order valence-corrected chi connectivity index (χ2v) is 4.62. The van der Waals surface area contributed by atoms with E-state index < -0.39 is 17.3 Å². The predicted octanol–water partition coefficient (Wildman–Crippen LogP) is 0.752. The van der Waals surface area contributed by atoms with Gasteiger partial charge in [0, 0.05) is 6.54 Å². The third kappa shape index (κ3) is 3.15. The van der Waals surface area contributed by atoms with Gasteiger partial charge in [-0.15, -0.1) is 0 Å². The lowest BCUT2D eigenvalue weighted by Gasteiger charge is -2.12. The number of phenols is 1. The van der Waals surface area contributed by atoms with Crippen molar-refractivity contribution in [3.05, 3.63) is 24.3 Å². The topological polar surface area (TPSA) is 95.9 Å². The van der Waals surface area contributed by atoms with E-state index in [-0.39, 0.29) is 24.7 Å². The van der Waals surface area contributed by atoms with Crippen molar-refractivity contribution in [3.63, 3.8) is 0 Å². The molecular weight excluding hydrogens is 250 g/mol. The number of nitrogens with one attached hydrogen (secondary N) is 1. The maximum absolute atomic E-state index is 11.5. The highest BCUT2D eigenvalue weighted by atomic mass is 16.5. The number of ether oxygens (including phenoxy) is 1. The molecule has 0 radical (unpaired) electrons. The minimum atomic E-state index is -0.880. The molecular formula is C13H15NO5. The summed E-state index contributed by atoms with van der Waals surface area (Å²) in [4.78, 5) is 22.4. The molecule has 6 heteroatoms. The molecule has 1 aliphatic carbocycles. The van der Waals surface area contributed by atoms with Crippen LogP contribution < -0.4 is 10.1 Å². The molecule has 0 aromatic heterocycles. The Morgan fingerprint density at radius 1 is 1.32 bits per heavy atom. The van der Waals surface area contributed by atoms with Gasteiger partial charge in [-0.05, 0) is 25.0 Å². The normalized spacial score (nSPS) is 15.6. The molecule has 0 heterocycles. The highest BCUT2D eigenvalue weighted by Crippen LogP contribution is 2.45. The van der Waals surface area contributed by atoms with Gasteiger partial charge >= 0.3 is 5.97 Å². The van der Waals surface area contributed by atoms with E-state index in [1.807, 2.05) is 0 Å². The van der Waals surface area contributed by atoms with Crippen LogP contribution >= 0.6 is 0 Å². The standard InChI is InChI=1S/C13H15NO5/c15-9-3-1-2-4-10(9)19-7-11(16)14-8-13(5-6-13)12(17)18/h1-4,15H,5-8H2,(H,14,16)(H,17,18). The molecule has 19 heavy (non-hydrogen) atoms. The average Bonchev–Trinajstić information content (AvgIpc) is 3.16. The van der Waals surface area contributed by atoms with Gasteiger partial charge in [-0.2, -0.15) is 0 Å². The number of carboxylic acids is 1. The number of para-hydroxylation sites is 2. The quantitative estimate of drug-likeness (QED) is 0.705. The number of aromatic hydroxyl groups is 1. The zero-order chi connectivity index (χ0) is 13.9. The van der Waals surface area contributed by atoms with Crippen molar-refractivity contribution in [2.24, 2.45) is 5.41 Å². The van der Waals surface area contributed by atoms with E-state index in [0.29, 0.717) is 12.8 Å². The van der Waals surface area contributed by atoms with E-state index in [4.69, 9.17) is 9.84 Å². The van der Waals surface area contributed by atoms with E-state index >= 15 is 0 Å². The molecule has 1 aromatic carbocycles. The summed E-state index contributed by atoms with van der Waals surface area (Å²) in [6, 6.07) is 6.32. The minimum Gasteiger partial charge on any atom is -0.504 e. The second kappa shape index (κ2) is 5.17. The SMILES string of the molecule is O=C(COc1ccccc1O)NCC1(C(=O)O)CC1. The third-order valence-corrected chi connectivity index (χ3v) is 3.16. The monoisotopic (exact) mass is 265 g/mol. The minimum absolute atomic E-state index is 0.0421. The van der Waals surface area contributed by atoms with Crippen LogP contribution in [-0.2, 0) is 9.59 Å². The molecule has 0 spiro atoms. The van der Waals surface area contributed by atoms with Crippen molar-refractivity contribution in [1.82, 2.24) is 5.32 Å². The van der Waals surface area contributed by atoms with Crippen molar-refractivity contribution >= 4 is 11.9 Å². The van der Waals surface area contributed by atoms with Crippen LogP contribution in [0.25, 0.3) is 0 Å². The van der Waals surface area contributed by atoms with E-state index in [2.05, 4.69) is 5.32 Å². The fourth-order valence-corrected chi connectivity index (χ4v) is 1.66. The van der Waals surface area contributed by atoms with Crippen LogP contribution in [0.4, 0.5) is 0 Å². The van der Waals surface area contributed by atoms with Crippen LogP contribution in [0.2, 0.25) is 0 Å². The third-order valence-electron chi connectivity index (χ3n) is 3.16. The van der Waals surface area contributed by atoms with Crippen LogP contribution in [0, 0.1) is 5.41 Å². The lowest BCUT2D eigenvalue weighted by molar-refractivity contribution is -0.143. The van der Waals surface area contributed by atoms with Crippen molar-refractivity contribution in [2.75, 3.05) is 13.2 Å². The Bertz CT molecular complexity index is 496. The molecule has 2 rings (SSSR count). The smallest absolute Gasteiger partial charge is 0.311 e. The number of hydrogen-bond acceptors (Lipinski definition) is 4. The fraction of sp³-hybridized carbons (Fsp3) is 0.385. The molecule has 6 nitrogen and oxygen atoms in total. The summed E-state index contributed by atoms with van der Waals surface area (Å²) in [7, 11) is 0. The summed E-state index contributed by atoms with van der Waals surface area (Å²) in [5.41, 5.74) is -0.787. The van der Waals surface area contributed by atoms with Crippen LogP contribution in [0.3, 0.4) is 0 Å². The van der Waals surface area contributed by atoms with E-state index in [9.17, 15) is 14.7 Å². The van der Waals surface area contributed by atoms with Gasteiger partial charge in [0.05, 0.1) is 5.41 Å². The lowest BCUT2D eigenvalue weighted by Crippen LogP contribution is -2.36. The largest absolute Gasteiger partial charge is 0.504 e. The van der Waals surface area contributed by atoms with Crippen molar-refractivity contribution in [2.45, 2.75) is 12.8 Å². The van der Waals surface area contributed by atoms with Crippen LogP contribution in [0.15, 0.2) is 24.3 Å². The second-order valence-electron chi connectivity index (χ2n) is 4.62. The van der Waals surface area contributed by atoms with Crippen LogP contribution in [0.1, 0.15) is 12.8 Å². The summed E-state index contributed by atoms with van der Waals surface area (Å²) in [6.45, 7) is -0.140. The molecule has 1 saturated carbocycles. The zero-order valence-electron chi connectivity index (χ0n) is 10.3. The summed E-state index contributed by atoms with van der Waals surface area (Å²) in [5, 5.41) is 20.9. The van der Waals surface area contributed by atoms with Crippen molar-refractivity contribution in [3.8, 4) is 11.5 Å². The molecule has 0 aliphatic heterocycles. The molecule has 1 aromatic rings. The van der Waals surface area contributed by atoms with Gasteiger partial charge in [0.25, 0.3) is 5.91 Å². The molecule has 0 bridgehead atoms. The number of carbonyl (C=O) groups excluding carboxylic acids is 1. The van der Waals surface area contributed by atoms with Gasteiger partial charge in [-0.25, -0.2) is 0 Å². The first-order valence-electron chi connectivity index (χ1n) is 5.94. The molecule has 102 valence electrons. The van der Waals surface area contributed by atoms with Crippen molar-refractivity contribution in [1.29, 1.82) is 0 Å². The van der Waals surface area contributed by atoms with Gasteiger partial charge in [0.15, 0.2) is 18.1 Å². The Hall–Kier alpha value is -2.24. The molecule has 1 aliphatic rings. The first kappa shape index (κ1) is 13.2. The zero-order valence-corrected chi connectivity index (χ0v) is 10.3. The number of phenolic OH excluding ortho intramolecular Hbond substituents is 1. The number of hydrogen-bond donors (Lipinski definition) is 3. The average molecular weight is 265 g/mol. The summed E-state index contributed by atoms with van der Waals surface area (Å²) in [5.74, 6) is -1.11. The molecule has 1 amide bonds. The highest BCUT2D eigenvalue weighted by molar-refractivity contribution is 5.81. The number of rotatable bonds is 6. The van der Waals surface area contributed by atoms with E-state index in [1.54, 1.807) is 18.2 Å². The van der Waals surface area contributed by atoms with Gasteiger partial charge in [-0.1, -0.05) is 12.1 Å². The number of benzene rings is 1. The summed E-state index contributed by atoms with van der Waals surface area (Å²) < 4.78 is 5.14. The van der Waals surface area contributed by atoms with Gasteiger partial charge in [0.1, 0.15) is 0 Å². The molecule has 3 N–H and O–H groups in total. The molecule has 0 atom stereocenters. The number of amides is 1.